The molecule has 0 saturated carbocycles. The lowest BCUT2D eigenvalue weighted by Crippen LogP contribution is -2.27. The number of carboxylic acids is 1. The van der Waals surface area contributed by atoms with Crippen molar-refractivity contribution in [3.63, 3.8) is 0 Å². The monoisotopic (exact) mass is 293 g/mol. The number of carbonyl (C=O) groups is 2. The number of carbonyl (C=O) groups excluding carboxylic acids is 1. The van der Waals surface area contributed by atoms with Gasteiger partial charge in [-0.05, 0) is 29.2 Å². The van der Waals surface area contributed by atoms with E-state index in [9.17, 15) is 14.0 Å². The van der Waals surface area contributed by atoms with Gasteiger partial charge in [-0.15, -0.1) is 0 Å². The van der Waals surface area contributed by atoms with Gasteiger partial charge in [0.2, 0.25) is 5.91 Å². The number of hydrogen-bond donors (Lipinski definition) is 2. The summed E-state index contributed by atoms with van der Waals surface area (Å²) in [6, 6.07) is 4.26. The molecule has 21 heavy (non-hydrogen) atoms. The number of nitrogens with one attached hydrogen (secondary N) is 1. The fourth-order valence-corrected chi connectivity index (χ4v) is 1.74. The standard InChI is InChI=1S/C16H20FNO3/c1-16(2,3)9-14(19)18-10-12-8-11(4-6-13(12)17)5-7-15(20)21/h4-8H,9-10H2,1-3H3,(H,18,19)(H,20,21). The van der Waals surface area contributed by atoms with Gasteiger partial charge in [0.25, 0.3) is 0 Å². The first-order valence-electron chi connectivity index (χ1n) is 6.63. The maximum Gasteiger partial charge on any atom is 0.328 e. The molecule has 1 aromatic carbocycles. The zero-order chi connectivity index (χ0) is 16.0. The lowest BCUT2D eigenvalue weighted by Gasteiger charge is -2.17. The fraction of sp³-hybridized carbons (Fsp3) is 0.375. The minimum absolute atomic E-state index is 0.0789. The third-order valence-corrected chi connectivity index (χ3v) is 2.66. The second-order valence-electron chi connectivity index (χ2n) is 6.04. The predicted molar refractivity (Wildman–Crippen MR) is 79.0 cm³/mol. The lowest BCUT2D eigenvalue weighted by molar-refractivity contribution is -0.131. The lowest BCUT2D eigenvalue weighted by atomic mass is 9.92. The van der Waals surface area contributed by atoms with Gasteiger partial charge in [0.05, 0.1) is 0 Å². The molecule has 114 valence electrons. The molecule has 0 aromatic heterocycles. The van der Waals surface area contributed by atoms with Crippen LogP contribution in [0.4, 0.5) is 4.39 Å². The second kappa shape index (κ2) is 7.02. The molecule has 1 amide bonds. The molecule has 1 aromatic rings. The first kappa shape index (κ1) is 16.9. The number of amides is 1. The zero-order valence-corrected chi connectivity index (χ0v) is 12.4. The van der Waals surface area contributed by atoms with E-state index in [-0.39, 0.29) is 17.9 Å². The van der Waals surface area contributed by atoms with E-state index in [0.29, 0.717) is 17.5 Å². The Morgan fingerprint density at radius 3 is 2.57 bits per heavy atom. The molecule has 1 rings (SSSR count). The maximum atomic E-state index is 13.7. The van der Waals surface area contributed by atoms with Crippen molar-refractivity contribution < 1.29 is 19.1 Å². The topological polar surface area (TPSA) is 66.4 Å². The van der Waals surface area contributed by atoms with Crippen molar-refractivity contribution in [3.8, 4) is 0 Å². The Hall–Kier alpha value is -2.17. The number of benzene rings is 1. The molecule has 0 unspecified atom stereocenters. The van der Waals surface area contributed by atoms with Crippen LogP contribution in [0.25, 0.3) is 6.08 Å². The molecule has 4 nitrogen and oxygen atoms in total. The van der Waals surface area contributed by atoms with Crippen LogP contribution in [0, 0.1) is 11.2 Å². The van der Waals surface area contributed by atoms with Gasteiger partial charge in [-0.1, -0.05) is 26.8 Å². The van der Waals surface area contributed by atoms with Crippen LogP contribution in [-0.4, -0.2) is 17.0 Å². The van der Waals surface area contributed by atoms with Crippen molar-refractivity contribution in [2.45, 2.75) is 33.7 Å². The fourth-order valence-electron chi connectivity index (χ4n) is 1.74. The van der Waals surface area contributed by atoms with E-state index in [1.54, 1.807) is 0 Å². The molecule has 0 aliphatic heterocycles. The van der Waals surface area contributed by atoms with Crippen LogP contribution in [0.2, 0.25) is 0 Å². The molecule has 0 aliphatic carbocycles. The minimum Gasteiger partial charge on any atom is -0.478 e. The Morgan fingerprint density at radius 2 is 2.00 bits per heavy atom. The van der Waals surface area contributed by atoms with Crippen LogP contribution in [0.5, 0.6) is 0 Å². The third kappa shape index (κ3) is 6.70. The van der Waals surface area contributed by atoms with Crippen LogP contribution < -0.4 is 5.32 Å². The predicted octanol–water partition coefficient (Wildman–Crippen LogP) is 2.98. The summed E-state index contributed by atoms with van der Waals surface area (Å²) in [5, 5.41) is 11.2. The van der Waals surface area contributed by atoms with Crippen LogP contribution in [-0.2, 0) is 16.1 Å². The molecule has 0 radical (unpaired) electrons. The van der Waals surface area contributed by atoms with Crippen molar-refractivity contribution >= 4 is 18.0 Å². The average Bonchev–Trinajstić information content (AvgIpc) is 2.34. The van der Waals surface area contributed by atoms with Crippen LogP contribution in [0.3, 0.4) is 0 Å². The smallest absolute Gasteiger partial charge is 0.328 e. The zero-order valence-electron chi connectivity index (χ0n) is 12.4. The highest BCUT2D eigenvalue weighted by Crippen LogP contribution is 2.18. The summed E-state index contributed by atoms with van der Waals surface area (Å²) in [6.45, 7) is 5.93. The van der Waals surface area contributed by atoms with Gasteiger partial charge in [0.1, 0.15) is 5.82 Å². The Kier molecular flexibility index (Phi) is 5.64. The summed E-state index contributed by atoms with van der Waals surface area (Å²) < 4.78 is 13.7. The van der Waals surface area contributed by atoms with E-state index < -0.39 is 11.8 Å². The number of carboxylic acid groups (broad SMARTS) is 1. The summed E-state index contributed by atoms with van der Waals surface area (Å²) in [4.78, 5) is 22.2. The summed E-state index contributed by atoms with van der Waals surface area (Å²) in [7, 11) is 0. The highest BCUT2D eigenvalue weighted by Gasteiger charge is 2.15. The van der Waals surface area contributed by atoms with E-state index in [4.69, 9.17) is 5.11 Å². The van der Waals surface area contributed by atoms with Gasteiger partial charge in [-0.25, -0.2) is 9.18 Å². The van der Waals surface area contributed by atoms with Crippen molar-refractivity contribution in [2.75, 3.05) is 0 Å². The molecule has 0 saturated heterocycles. The van der Waals surface area contributed by atoms with Gasteiger partial charge in [-0.3, -0.25) is 4.79 Å². The second-order valence-corrected chi connectivity index (χ2v) is 6.04. The van der Waals surface area contributed by atoms with Gasteiger partial charge in [-0.2, -0.15) is 0 Å². The van der Waals surface area contributed by atoms with Gasteiger partial charge in [0.15, 0.2) is 0 Å². The van der Waals surface area contributed by atoms with Gasteiger partial charge in [0, 0.05) is 24.6 Å². The molecule has 0 heterocycles. The van der Waals surface area contributed by atoms with E-state index >= 15 is 0 Å². The van der Waals surface area contributed by atoms with E-state index in [1.807, 2.05) is 20.8 Å². The molecule has 0 bridgehead atoms. The normalized spacial score (nSPS) is 11.6. The molecule has 2 N–H and O–H groups in total. The van der Waals surface area contributed by atoms with E-state index in [2.05, 4.69) is 5.32 Å². The number of hydrogen-bond acceptors (Lipinski definition) is 2. The quantitative estimate of drug-likeness (QED) is 0.820. The highest BCUT2D eigenvalue weighted by molar-refractivity contribution is 5.85. The van der Waals surface area contributed by atoms with Crippen molar-refractivity contribution in [2.24, 2.45) is 5.41 Å². The SMILES string of the molecule is CC(C)(C)CC(=O)NCc1cc(C=CC(=O)O)ccc1F. The Balaban J connectivity index is 2.72. The Labute approximate surface area is 123 Å². The van der Waals surface area contributed by atoms with E-state index in [1.165, 1.54) is 24.3 Å². The first-order chi connectivity index (χ1) is 9.67. The third-order valence-electron chi connectivity index (χ3n) is 2.66. The molecular weight excluding hydrogens is 273 g/mol. The molecule has 0 fully saturated rings. The maximum absolute atomic E-state index is 13.7. The molecule has 0 spiro atoms. The highest BCUT2D eigenvalue weighted by atomic mass is 19.1. The van der Waals surface area contributed by atoms with Crippen molar-refractivity contribution in [1.29, 1.82) is 0 Å². The van der Waals surface area contributed by atoms with E-state index in [0.717, 1.165) is 6.08 Å². The number of halogens is 1. The van der Waals surface area contributed by atoms with Gasteiger partial charge < -0.3 is 10.4 Å². The minimum atomic E-state index is -1.07. The number of aliphatic carboxylic acids is 1. The largest absolute Gasteiger partial charge is 0.478 e. The summed E-state index contributed by atoms with van der Waals surface area (Å²) in [6.07, 6.45) is 2.71. The summed E-state index contributed by atoms with van der Waals surface area (Å²) >= 11 is 0. The van der Waals surface area contributed by atoms with Crippen LogP contribution >= 0.6 is 0 Å². The van der Waals surface area contributed by atoms with Crippen molar-refractivity contribution in [1.82, 2.24) is 5.32 Å². The number of rotatable bonds is 5. The van der Waals surface area contributed by atoms with Crippen LogP contribution in [0.1, 0.15) is 38.3 Å². The first-order valence-corrected chi connectivity index (χ1v) is 6.63. The summed E-state index contributed by atoms with van der Waals surface area (Å²) in [5.41, 5.74) is 0.762. The average molecular weight is 293 g/mol. The summed E-state index contributed by atoms with van der Waals surface area (Å²) in [5.74, 6) is -1.65. The molecule has 5 heteroatoms. The Bertz CT molecular complexity index is 559. The van der Waals surface area contributed by atoms with Crippen LogP contribution in [0.15, 0.2) is 24.3 Å². The molecule has 0 aliphatic rings. The molecule has 0 atom stereocenters. The molecular formula is C16H20FNO3. The van der Waals surface area contributed by atoms with Gasteiger partial charge >= 0.3 is 5.97 Å². The van der Waals surface area contributed by atoms with Crippen molar-refractivity contribution in [3.05, 3.63) is 41.2 Å². The Morgan fingerprint density at radius 1 is 1.33 bits per heavy atom.